The van der Waals surface area contributed by atoms with Crippen LogP contribution in [0.5, 0.6) is 0 Å². The monoisotopic (exact) mass is 882 g/mol. The van der Waals surface area contributed by atoms with Crippen LogP contribution in [0.3, 0.4) is 0 Å². The first-order chi connectivity index (χ1) is 26.1. The average Bonchev–Trinajstić information content (AvgIpc) is 3.73. The molecule has 0 saturated heterocycles. The number of aryl methyl sites for hydroxylation is 1. The predicted octanol–water partition coefficient (Wildman–Crippen LogP) is 12.3. The fraction of sp³-hybridized carbons (Fsp3) is 0.239. The van der Waals surface area contributed by atoms with Crippen molar-refractivity contribution in [2.45, 2.75) is 72.6 Å². The summed E-state index contributed by atoms with van der Waals surface area (Å²) in [7, 11) is 0. The fourth-order valence-corrected chi connectivity index (χ4v) is 6.60. The van der Waals surface area contributed by atoms with E-state index in [0.29, 0.717) is 17.5 Å². The Hall–Kier alpha value is -4.97. The van der Waals surface area contributed by atoms with Crippen LogP contribution in [0.15, 0.2) is 108 Å². The number of furan rings is 1. The summed E-state index contributed by atoms with van der Waals surface area (Å²) >= 11 is 0. The largest absolute Gasteiger partial charge is 0.501 e. The van der Waals surface area contributed by atoms with Gasteiger partial charge in [0.05, 0.1) is 28.6 Å². The van der Waals surface area contributed by atoms with Gasteiger partial charge in [-0.25, -0.2) is 0 Å². The third kappa shape index (κ3) is 7.33. The Morgan fingerprint density at radius 3 is 2.26 bits per heavy atom. The molecule has 4 heterocycles. The number of rotatable bonds is 5. The number of benzene rings is 4. The smallest absolute Gasteiger partial charge is 0.120 e. The molecule has 4 aromatic heterocycles. The summed E-state index contributed by atoms with van der Waals surface area (Å²) in [4.78, 5) is 13.7. The quantitative estimate of drug-likeness (QED) is 0.162. The number of imidazole rings is 1. The zero-order valence-electron chi connectivity index (χ0n) is 33.9. The summed E-state index contributed by atoms with van der Waals surface area (Å²) in [6.45, 7) is 12.9. The van der Waals surface area contributed by atoms with Crippen LogP contribution in [0.4, 0.5) is 4.39 Å². The number of pyridine rings is 2. The molecule has 0 saturated carbocycles. The Labute approximate surface area is 328 Å². The van der Waals surface area contributed by atoms with Gasteiger partial charge in [0.25, 0.3) is 0 Å². The van der Waals surface area contributed by atoms with Crippen molar-refractivity contribution in [2.75, 3.05) is 0 Å². The minimum Gasteiger partial charge on any atom is -0.501 e. The first-order valence-corrected chi connectivity index (χ1v) is 17.6. The van der Waals surface area contributed by atoms with E-state index in [-0.39, 0.29) is 36.6 Å². The van der Waals surface area contributed by atoms with Gasteiger partial charge < -0.3 is 14.0 Å². The second-order valence-corrected chi connectivity index (χ2v) is 14.7. The molecular weight excluding hydrogens is 836 g/mol. The molecule has 8 aromatic rings. The van der Waals surface area contributed by atoms with Crippen molar-refractivity contribution in [3.05, 3.63) is 144 Å². The number of hydrogen-bond donors (Lipinski definition) is 0. The predicted molar refractivity (Wildman–Crippen MR) is 210 cm³/mol. The third-order valence-corrected chi connectivity index (χ3v) is 9.36. The van der Waals surface area contributed by atoms with Gasteiger partial charge in [0.2, 0.25) is 0 Å². The SMILES string of the molecule is CC(C)c1cccc(C(C)C)c1-n1c(-c2[c-]ccc3c2oc2ccccc23)nc2cnccc21.[2H]C([2H])([2H])c1c[c-]c(-c2ccc(C(C)(C)C)cn2)c(F)c1.[Ir]. The summed E-state index contributed by atoms with van der Waals surface area (Å²) in [5.74, 6) is 0.904. The van der Waals surface area contributed by atoms with Gasteiger partial charge in [-0.15, -0.1) is 42.0 Å². The standard InChI is InChI=1S/C30H26N3O.C16H17FN.Ir/c1-18(2)20-10-7-11-21(19(3)4)28(20)33-26-15-16-31-17-25(26)32-30(33)24-13-8-12-23-22-9-5-6-14-27(22)34-29(23)24;1-11-5-7-13(14(17)9-11)15-8-6-12(10-18-15)16(2,3)4;/h5-12,14-19H,1-4H3;5-6,8-10H,1-4H3;/q2*-1;/i;1D3;. The van der Waals surface area contributed by atoms with Crippen molar-refractivity contribution in [1.29, 1.82) is 0 Å². The van der Waals surface area contributed by atoms with Gasteiger partial charge in [-0.05, 0) is 51.8 Å². The minimum atomic E-state index is -2.33. The Morgan fingerprint density at radius 1 is 0.849 bits per heavy atom. The summed E-state index contributed by atoms with van der Waals surface area (Å²) < 4.78 is 44.6. The number of para-hydroxylation sites is 2. The maximum absolute atomic E-state index is 14.1. The van der Waals surface area contributed by atoms with E-state index >= 15 is 0 Å². The first-order valence-electron chi connectivity index (χ1n) is 19.1. The summed E-state index contributed by atoms with van der Waals surface area (Å²) in [6, 6.07) is 33.0. The van der Waals surface area contributed by atoms with E-state index in [4.69, 9.17) is 13.5 Å². The van der Waals surface area contributed by atoms with Crippen molar-refractivity contribution >= 4 is 33.0 Å². The van der Waals surface area contributed by atoms with E-state index in [1.54, 1.807) is 12.3 Å². The van der Waals surface area contributed by atoms with Crippen LogP contribution in [0.1, 0.15) is 86.7 Å². The summed E-state index contributed by atoms with van der Waals surface area (Å²) in [6.07, 6.45) is 5.38. The number of fused-ring (bicyclic) bond motifs is 4. The fourth-order valence-electron chi connectivity index (χ4n) is 6.60. The number of aromatic nitrogens is 4. The maximum atomic E-state index is 14.1. The molecule has 0 amide bonds. The Morgan fingerprint density at radius 2 is 1.60 bits per heavy atom. The van der Waals surface area contributed by atoms with E-state index < -0.39 is 12.7 Å². The van der Waals surface area contributed by atoms with Crippen LogP contribution in [-0.2, 0) is 25.5 Å². The maximum Gasteiger partial charge on any atom is 0.120 e. The molecule has 0 N–H and O–H groups in total. The zero-order valence-corrected chi connectivity index (χ0v) is 33.3. The molecule has 271 valence electrons. The van der Waals surface area contributed by atoms with Gasteiger partial charge in [-0.1, -0.05) is 120 Å². The molecule has 7 heteroatoms. The summed E-state index contributed by atoms with van der Waals surface area (Å²) in [5.41, 5.74) is 9.78. The summed E-state index contributed by atoms with van der Waals surface area (Å²) in [5, 5.41) is 2.17. The van der Waals surface area contributed by atoms with E-state index in [0.717, 1.165) is 56.0 Å². The topological polar surface area (TPSA) is 56.7 Å². The molecule has 0 aliphatic carbocycles. The first kappa shape index (κ1) is 33.8. The number of halogens is 1. The van der Waals surface area contributed by atoms with Crippen LogP contribution >= 0.6 is 0 Å². The molecule has 8 rings (SSSR count). The molecule has 0 aliphatic rings. The Kier molecular flexibility index (Phi) is 9.69. The Bertz CT molecular complexity index is 2630. The molecule has 0 bridgehead atoms. The van der Waals surface area contributed by atoms with Gasteiger partial charge >= 0.3 is 0 Å². The molecule has 0 aliphatic heterocycles. The second kappa shape index (κ2) is 15.2. The molecule has 0 unspecified atom stereocenters. The van der Waals surface area contributed by atoms with E-state index in [2.05, 4.69) is 105 Å². The van der Waals surface area contributed by atoms with Gasteiger partial charge in [0.15, 0.2) is 0 Å². The molecule has 53 heavy (non-hydrogen) atoms. The van der Waals surface area contributed by atoms with Crippen molar-refractivity contribution in [3.63, 3.8) is 0 Å². The Balaban J connectivity index is 0.000000209. The number of hydrogen-bond acceptors (Lipinski definition) is 4. The van der Waals surface area contributed by atoms with E-state index in [9.17, 15) is 4.39 Å². The van der Waals surface area contributed by atoms with Crippen LogP contribution in [0.25, 0.3) is 61.3 Å². The molecular formula is C46H43FIrN4O-2. The molecule has 1 radical (unpaired) electrons. The van der Waals surface area contributed by atoms with Gasteiger partial charge in [-0.2, -0.15) is 0 Å². The van der Waals surface area contributed by atoms with E-state index in [1.165, 1.54) is 22.9 Å². The number of nitrogens with zero attached hydrogens (tertiary/aromatic N) is 4. The zero-order chi connectivity index (χ0) is 39.2. The molecule has 4 aromatic carbocycles. The van der Waals surface area contributed by atoms with E-state index in [1.807, 2.05) is 48.8 Å². The average molecular weight is 882 g/mol. The molecule has 0 spiro atoms. The molecule has 0 fully saturated rings. The van der Waals surface area contributed by atoms with Crippen LogP contribution in [-0.4, -0.2) is 19.5 Å². The van der Waals surface area contributed by atoms with Crippen molar-refractivity contribution in [2.24, 2.45) is 0 Å². The van der Waals surface area contributed by atoms with Crippen molar-refractivity contribution < 1.29 is 33.0 Å². The van der Waals surface area contributed by atoms with Gasteiger partial charge in [0, 0.05) is 53.5 Å². The molecule has 0 atom stereocenters. The van der Waals surface area contributed by atoms with Gasteiger partial charge in [-0.3, -0.25) is 14.4 Å². The van der Waals surface area contributed by atoms with Crippen molar-refractivity contribution in [3.8, 4) is 28.3 Å². The van der Waals surface area contributed by atoms with Crippen molar-refractivity contribution in [1.82, 2.24) is 19.5 Å². The van der Waals surface area contributed by atoms with Crippen LogP contribution in [0, 0.1) is 24.8 Å². The minimum absolute atomic E-state index is 0. The normalized spacial score (nSPS) is 12.8. The third-order valence-electron chi connectivity index (χ3n) is 9.36. The second-order valence-electron chi connectivity index (χ2n) is 14.7. The molecule has 5 nitrogen and oxygen atoms in total. The van der Waals surface area contributed by atoms with Crippen LogP contribution < -0.4 is 0 Å². The van der Waals surface area contributed by atoms with Crippen LogP contribution in [0.2, 0.25) is 0 Å². The van der Waals surface area contributed by atoms with Gasteiger partial charge in [0.1, 0.15) is 5.58 Å².